The zero-order valence-corrected chi connectivity index (χ0v) is 13.8. The van der Waals surface area contributed by atoms with Crippen molar-refractivity contribution in [3.63, 3.8) is 0 Å². The Hall–Kier alpha value is -0.340. The van der Waals surface area contributed by atoms with Crippen LogP contribution >= 0.6 is 15.9 Å². The van der Waals surface area contributed by atoms with Crippen molar-refractivity contribution in [3.8, 4) is 0 Å². The normalized spacial score (nSPS) is 17.1. The van der Waals surface area contributed by atoms with Crippen LogP contribution in [0.2, 0.25) is 0 Å². The van der Waals surface area contributed by atoms with Gasteiger partial charge in [-0.3, -0.25) is 0 Å². The zero-order valence-electron chi connectivity index (χ0n) is 12.2. The molecule has 1 nitrogen and oxygen atoms in total. The van der Waals surface area contributed by atoms with Crippen LogP contribution in [0.15, 0.2) is 22.7 Å². The van der Waals surface area contributed by atoms with Crippen LogP contribution in [-0.4, -0.2) is 13.1 Å². The van der Waals surface area contributed by atoms with E-state index < -0.39 is 0 Å². The van der Waals surface area contributed by atoms with E-state index in [4.69, 9.17) is 0 Å². The summed E-state index contributed by atoms with van der Waals surface area (Å²) in [5.74, 6) is 1.56. The van der Waals surface area contributed by atoms with Gasteiger partial charge < -0.3 is 5.32 Å². The first-order valence-corrected chi connectivity index (χ1v) is 8.52. The van der Waals surface area contributed by atoms with Gasteiger partial charge in [-0.15, -0.1) is 0 Å². The highest BCUT2D eigenvalue weighted by Gasteiger charge is 2.15. The van der Waals surface area contributed by atoms with Crippen molar-refractivity contribution >= 4 is 15.9 Å². The lowest BCUT2D eigenvalue weighted by molar-refractivity contribution is 0.372. The van der Waals surface area contributed by atoms with Gasteiger partial charge in [-0.25, -0.2) is 0 Å². The second-order valence-electron chi connectivity index (χ2n) is 5.77. The molecule has 0 saturated carbocycles. The summed E-state index contributed by atoms with van der Waals surface area (Å²) >= 11 is 3.78. The molecule has 0 amide bonds. The maximum atomic E-state index is 3.78. The summed E-state index contributed by atoms with van der Waals surface area (Å²) in [6.45, 7) is 6.95. The van der Waals surface area contributed by atoms with Gasteiger partial charge in [0.25, 0.3) is 0 Å². The van der Waals surface area contributed by atoms with Crippen molar-refractivity contribution in [2.45, 2.75) is 51.9 Å². The molecule has 0 unspecified atom stereocenters. The van der Waals surface area contributed by atoms with Crippen LogP contribution in [0.3, 0.4) is 0 Å². The van der Waals surface area contributed by atoms with E-state index in [9.17, 15) is 0 Å². The molecule has 0 radical (unpaired) electrons. The lowest BCUT2D eigenvalue weighted by atomic mass is 9.89. The van der Waals surface area contributed by atoms with Crippen LogP contribution in [0.4, 0.5) is 0 Å². The molecule has 1 aliphatic rings. The summed E-state index contributed by atoms with van der Waals surface area (Å²) in [5.41, 5.74) is 2.98. The van der Waals surface area contributed by atoms with Gasteiger partial charge in [0.1, 0.15) is 0 Å². The molecule has 2 rings (SSSR count). The van der Waals surface area contributed by atoms with Crippen molar-refractivity contribution in [1.29, 1.82) is 0 Å². The van der Waals surface area contributed by atoms with E-state index in [1.54, 1.807) is 0 Å². The molecule has 1 fully saturated rings. The topological polar surface area (TPSA) is 12.0 Å². The van der Waals surface area contributed by atoms with Crippen molar-refractivity contribution in [1.82, 2.24) is 5.32 Å². The minimum atomic E-state index is 0.697. The molecule has 0 aliphatic carbocycles. The monoisotopic (exact) mass is 323 g/mol. The molecule has 1 saturated heterocycles. The first kappa shape index (κ1) is 15.1. The Balaban J connectivity index is 2.05. The molecule has 1 aliphatic heterocycles. The molecule has 2 heteroatoms. The second kappa shape index (κ2) is 7.44. The Morgan fingerprint density at radius 2 is 1.89 bits per heavy atom. The summed E-state index contributed by atoms with van der Waals surface area (Å²) in [6, 6.07) is 7.05. The van der Waals surface area contributed by atoms with E-state index in [1.807, 2.05) is 0 Å². The minimum absolute atomic E-state index is 0.697. The van der Waals surface area contributed by atoms with Gasteiger partial charge in [-0.1, -0.05) is 41.9 Å². The maximum absolute atomic E-state index is 3.78. The average Bonchev–Trinajstić information content (AvgIpc) is 2.43. The largest absolute Gasteiger partial charge is 0.317 e. The van der Waals surface area contributed by atoms with E-state index in [2.05, 4.69) is 53.3 Å². The fourth-order valence-electron chi connectivity index (χ4n) is 3.18. The molecule has 0 atom stereocenters. The van der Waals surface area contributed by atoms with E-state index in [0.29, 0.717) is 5.92 Å². The standard InChI is InChI=1S/C17H26BrN/c1-3-15(4-2)16-6-5-14(12-17(16)18)11-13-7-9-19-10-8-13/h5-6,12-13,15,19H,3-4,7-11H2,1-2H3. The van der Waals surface area contributed by atoms with E-state index in [-0.39, 0.29) is 0 Å². The molecule has 0 aromatic heterocycles. The smallest absolute Gasteiger partial charge is 0.0212 e. The molecule has 1 N–H and O–H groups in total. The molecule has 1 heterocycles. The number of piperidine rings is 1. The molecule has 106 valence electrons. The Labute approximate surface area is 126 Å². The van der Waals surface area contributed by atoms with Gasteiger partial charge in [0.15, 0.2) is 0 Å². The van der Waals surface area contributed by atoms with Gasteiger partial charge in [0, 0.05) is 4.47 Å². The first-order chi connectivity index (χ1) is 9.24. The van der Waals surface area contributed by atoms with Crippen molar-refractivity contribution < 1.29 is 0 Å². The van der Waals surface area contributed by atoms with Crippen molar-refractivity contribution in [2.24, 2.45) is 5.92 Å². The Morgan fingerprint density at radius 3 is 2.47 bits per heavy atom. The predicted octanol–water partition coefficient (Wildman–Crippen LogP) is 4.89. The highest BCUT2D eigenvalue weighted by atomic mass is 79.9. The molecular formula is C17H26BrN. The molecule has 19 heavy (non-hydrogen) atoms. The number of nitrogens with one attached hydrogen (secondary N) is 1. The highest BCUT2D eigenvalue weighted by Crippen LogP contribution is 2.31. The fourth-order valence-corrected chi connectivity index (χ4v) is 3.93. The SMILES string of the molecule is CCC(CC)c1ccc(CC2CCNCC2)cc1Br. The lowest BCUT2D eigenvalue weighted by Gasteiger charge is -2.23. The molecular weight excluding hydrogens is 298 g/mol. The zero-order chi connectivity index (χ0) is 13.7. The number of hydrogen-bond acceptors (Lipinski definition) is 1. The van der Waals surface area contributed by atoms with Crippen LogP contribution in [0.1, 0.15) is 56.6 Å². The van der Waals surface area contributed by atoms with Crippen LogP contribution in [-0.2, 0) is 6.42 Å². The predicted molar refractivity (Wildman–Crippen MR) is 86.8 cm³/mol. The van der Waals surface area contributed by atoms with Gasteiger partial charge in [0.05, 0.1) is 0 Å². The first-order valence-electron chi connectivity index (χ1n) is 7.73. The van der Waals surface area contributed by atoms with Gasteiger partial charge >= 0.3 is 0 Å². The Bertz CT molecular complexity index is 392. The summed E-state index contributed by atoms with van der Waals surface area (Å²) in [5, 5.41) is 3.44. The molecule has 0 bridgehead atoms. The summed E-state index contributed by atoms with van der Waals surface area (Å²) in [6.07, 6.45) is 6.34. The summed E-state index contributed by atoms with van der Waals surface area (Å²) in [4.78, 5) is 0. The number of halogens is 1. The van der Waals surface area contributed by atoms with E-state index in [0.717, 1.165) is 5.92 Å². The minimum Gasteiger partial charge on any atom is -0.317 e. The molecule has 1 aromatic rings. The third-order valence-corrected chi connectivity index (χ3v) is 5.16. The van der Waals surface area contributed by atoms with Crippen molar-refractivity contribution in [2.75, 3.05) is 13.1 Å². The summed E-state index contributed by atoms with van der Waals surface area (Å²) in [7, 11) is 0. The van der Waals surface area contributed by atoms with E-state index in [1.165, 1.54) is 60.8 Å². The van der Waals surface area contributed by atoms with Crippen LogP contribution in [0.5, 0.6) is 0 Å². The third kappa shape index (κ3) is 4.06. The maximum Gasteiger partial charge on any atom is 0.0212 e. The lowest BCUT2D eigenvalue weighted by Crippen LogP contribution is -2.28. The molecule has 0 spiro atoms. The highest BCUT2D eigenvalue weighted by molar-refractivity contribution is 9.10. The number of rotatable bonds is 5. The van der Waals surface area contributed by atoms with Gasteiger partial charge in [0.2, 0.25) is 0 Å². The van der Waals surface area contributed by atoms with Crippen molar-refractivity contribution in [3.05, 3.63) is 33.8 Å². The van der Waals surface area contributed by atoms with Crippen LogP contribution in [0, 0.1) is 5.92 Å². The third-order valence-electron chi connectivity index (χ3n) is 4.47. The summed E-state index contributed by atoms with van der Waals surface area (Å²) < 4.78 is 1.31. The van der Waals surface area contributed by atoms with Gasteiger partial charge in [-0.05, 0) is 74.2 Å². The van der Waals surface area contributed by atoms with Crippen LogP contribution < -0.4 is 5.32 Å². The van der Waals surface area contributed by atoms with Crippen LogP contribution in [0.25, 0.3) is 0 Å². The fraction of sp³-hybridized carbons (Fsp3) is 0.647. The Morgan fingerprint density at radius 1 is 1.21 bits per heavy atom. The van der Waals surface area contributed by atoms with Gasteiger partial charge in [-0.2, -0.15) is 0 Å². The quantitative estimate of drug-likeness (QED) is 0.813. The average molecular weight is 324 g/mol. The molecule has 1 aromatic carbocycles. The second-order valence-corrected chi connectivity index (χ2v) is 6.62. The van der Waals surface area contributed by atoms with E-state index >= 15 is 0 Å². The number of benzene rings is 1. The Kier molecular flexibility index (Phi) is 5.90. The number of hydrogen-bond donors (Lipinski definition) is 1.